The van der Waals surface area contributed by atoms with Gasteiger partial charge in [0.1, 0.15) is 0 Å². The molecule has 1 heterocycles. The zero-order chi connectivity index (χ0) is 26.7. The summed E-state index contributed by atoms with van der Waals surface area (Å²) in [6.45, 7) is 17.6. The maximum Gasteiger partial charge on any atom is 0.225 e. The van der Waals surface area contributed by atoms with Gasteiger partial charge in [-0.25, -0.2) is 0 Å². The third-order valence-corrected chi connectivity index (χ3v) is 7.89. The molecule has 1 aliphatic carbocycles. The van der Waals surface area contributed by atoms with Crippen molar-refractivity contribution in [2.75, 3.05) is 20.1 Å². The van der Waals surface area contributed by atoms with Crippen molar-refractivity contribution in [2.45, 2.75) is 137 Å². The Balaban J connectivity index is 0.000000571. The number of unbranched alkanes of at least 4 members (excludes halogenated alkanes) is 1. The molecule has 1 aliphatic heterocycles. The first-order valence-corrected chi connectivity index (χ1v) is 14.8. The molecular weight excluding hydrogens is 430 g/mol. The van der Waals surface area contributed by atoms with E-state index in [9.17, 15) is 4.79 Å². The van der Waals surface area contributed by atoms with E-state index in [2.05, 4.69) is 71.8 Å². The van der Waals surface area contributed by atoms with E-state index in [0.717, 1.165) is 57.0 Å². The van der Waals surface area contributed by atoms with Crippen molar-refractivity contribution in [1.29, 1.82) is 5.41 Å². The fourth-order valence-electron chi connectivity index (χ4n) is 5.30. The number of nitrogens with one attached hydrogen (secondary N) is 2. The second kappa shape index (κ2) is 20.0. The molecule has 206 valence electrons. The molecule has 0 bridgehead atoms. The first kappa shape index (κ1) is 33.8. The second-order valence-corrected chi connectivity index (χ2v) is 11.3. The Kier molecular flexibility index (Phi) is 19.3. The van der Waals surface area contributed by atoms with E-state index in [0.29, 0.717) is 11.8 Å². The average Bonchev–Trinajstić information content (AvgIpc) is 3.14. The van der Waals surface area contributed by atoms with Crippen LogP contribution in [0, 0.1) is 23.2 Å². The number of likely N-dealkylation sites (tertiary alicyclic amines) is 1. The van der Waals surface area contributed by atoms with Crippen LogP contribution in [0.1, 0.15) is 132 Å². The lowest BCUT2D eigenvalue weighted by molar-refractivity contribution is -0.137. The topological polar surface area (TPSA) is 56.2 Å². The Labute approximate surface area is 219 Å². The van der Waals surface area contributed by atoms with E-state index in [-0.39, 0.29) is 5.54 Å². The van der Waals surface area contributed by atoms with Gasteiger partial charge in [-0.05, 0) is 83.9 Å². The molecule has 0 aromatic carbocycles. The Morgan fingerprint density at radius 1 is 1.06 bits per heavy atom. The van der Waals surface area contributed by atoms with Gasteiger partial charge in [-0.3, -0.25) is 4.79 Å². The maximum absolute atomic E-state index is 12.4. The average molecular weight is 492 g/mol. The normalized spacial score (nSPS) is 19.6. The number of hydrogen-bond donors (Lipinski definition) is 2. The van der Waals surface area contributed by atoms with Crippen LogP contribution in [0.5, 0.6) is 0 Å². The fourth-order valence-corrected chi connectivity index (χ4v) is 5.30. The number of carbonyl (C=O) groups is 1. The highest BCUT2D eigenvalue weighted by molar-refractivity contribution is 5.78. The third kappa shape index (κ3) is 14.2. The molecule has 1 unspecified atom stereocenters. The summed E-state index contributed by atoms with van der Waals surface area (Å²) in [4.78, 5) is 14.6. The van der Waals surface area contributed by atoms with Gasteiger partial charge >= 0.3 is 0 Å². The first-order chi connectivity index (χ1) is 16.7. The second-order valence-electron chi connectivity index (χ2n) is 11.3. The molecule has 0 aromatic heterocycles. The van der Waals surface area contributed by atoms with Crippen LogP contribution in [-0.4, -0.2) is 42.7 Å². The molecule has 4 nitrogen and oxygen atoms in total. The van der Waals surface area contributed by atoms with Crippen LogP contribution >= 0.6 is 0 Å². The minimum Gasteiger partial charge on any atom is -0.342 e. The molecule has 1 saturated carbocycles. The van der Waals surface area contributed by atoms with E-state index in [4.69, 9.17) is 5.41 Å². The van der Waals surface area contributed by atoms with Crippen LogP contribution in [0.15, 0.2) is 11.6 Å². The van der Waals surface area contributed by atoms with E-state index >= 15 is 0 Å². The summed E-state index contributed by atoms with van der Waals surface area (Å²) in [5.74, 6) is 2.43. The number of likely N-dealkylation sites (N-methyl/N-ethyl adjacent to an activating group) is 1. The zero-order valence-electron chi connectivity index (χ0n) is 24.8. The summed E-state index contributed by atoms with van der Waals surface area (Å²) in [5.41, 5.74) is 1.65. The van der Waals surface area contributed by atoms with Crippen molar-refractivity contribution in [2.24, 2.45) is 17.8 Å². The Bertz CT molecular complexity index is 570. The number of rotatable bonds is 9. The Hall–Kier alpha value is -1.16. The van der Waals surface area contributed by atoms with Crippen LogP contribution in [0.3, 0.4) is 0 Å². The van der Waals surface area contributed by atoms with Crippen LogP contribution < -0.4 is 5.32 Å². The van der Waals surface area contributed by atoms with E-state index < -0.39 is 0 Å². The number of nitrogens with zero attached hydrogens (tertiary/aromatic N) is 1. The number of piperidine rings is 1. The molecule has 2 fully saturated rings. The van der Waals surface area contributed by atoms with Gasteiger partial charge in [0.25, 0.3) is 0 Å². The standard InChI is InChI=1S/C15H27NO.C12H25N.C4H9N/c1-2-13-9-11-16(12-10-13)15(17)14-7-5-3-4-6-8-14;1-7-8-11(4)12(5,13-6)9-10(2)3;1-2-3-4-5/h13-14H,2-12H2,1H3;8,10,13H,7,9H2,1-6H3;4-5H,2-3H2,1H3/b;11-8+;. The monoisotopic (exact) mass is 491 g/mol. The van der Waals surface area contributed by atoms with Crippen molar-refractivity contribution in [3.63, 3.8) is 0 Å². The third-order valence-electron chi connectivity index (χ3n) is 7.89. The van der Waals surface area contributed by atoms with Gasteiger partial charge in [0.15, 0.2) is 0 Å². The summed E-state index contributed by atoms with van der Waals surface area (Å²) in [6.07, 6.45) is 19.3. The van der Waals surface area contributed by atoms with Crippen LogP contribution in [0.25, 0.3) is 0 Å². The number of allylic oxidation sites excluding steroid dienone is 1. The number of carbonyl (C=O) groups excluding carboxylic acids is 1. The Morgan fingerprint density at radius 3 is 2.00 bits per heavy atom. The van der Waals surface area contributed by atoms with E-state index in [1.165, 1.54) is 63.2 Å². The van der Waals surface area contributed by atoms with Gasteiger partial charge in [0, 0.05) is 24.5 Å². The molecule has 0 radical (unpaired) electrons. The van der Waals surface area contributed by atoms with Gasteiger partial charge in [0.2, 0.25) is 5.91 Å². The highest BCUT2D eigenvalue weighted by Crippen LogP contribution is 2.27. The van der Waals surface area contributed by atoms with Gasteiger partial charge in [0.05, 0.1) is 0 Å². The highest BCUT2D eigenvalue weighted by Gasteiger charge is 2.28. The summed E-state index contributed by atoms with van der Waals surface area (Å²) in [6, 6.07) is 0. The lowest BCUT2D eigenvalue weighted by Gasteiger charge is -2.33. The molecule has 1 atom stereocenters. The summed E-state index contributed by atoms with van der Waals surface area (Å²) in [5, 5.41) is 9.90. The molecule has 2 rings (SSSR count). The van der Waals surface area contributed by atoms with E-state index in [1.54, 1.807) is 0 Å². The minimum atomic E-state index is 0.185. The quantitative estimate of drug-likeness (QED) is 0.193. The lowest BCUT2D eigenvalue weighted by atomic mass is 9.84. The van der Waals surface area contributed by atoms with Crippen molar-refractivity contribution in [3.05, 3.63) is 11.6 Å². The summed E-state index contributed by atoms with van der Waals surface area (Å²) in [7, 11) is 2.05. The summed E-state index contributed by atoms with van der Waals surface area (Å²) >= 11 is 0. The molecule has 4 heteroatoms. The SMILES string of the molecule is CC/C=C(\C)C(C)(CC(C)C)NC.CCC1CCN(C(=O)C2CCCCCC2)CC1.CCCC=N. The van der Waals surface area contributed by atoms with Gasteiger partial charge in [-0.1, -0.05) is 84.8 Å². The smallest absolute Gasteiger partial charge is 0.225 e. The zero-order valence-corrected chi connectivity index (χ0v) is 24.8. The van der Waals surface area contributed by atoms with Crippen molar-refractivity contribution < 1.29 is 4.79 Å². The van der Waals surface area contributed by atoms with Gasteiger partial charge < -0.3 is 15.6 Å². The maximum atomic E-state index is 12.4. The fraction of sp³-hybridized carbons (Fsp3) is 0.871. The number of hydrogen-bond acceptors (Lipinski definition) is 3. The van der Waals surface area contributed by atoms with Crippen molar-refractivity contribution >= 4 is 12.1 Å². The number of amides is 1. The van der Waals surface area contributed by atoms with Crippen LogP contribution in [0.2, 0.25) is 0 Å². The molecule has 0 spiro atoms. The predicted octanol–water partition coefficient (Wildman–Crippen LogP) is 8.41. The van der Waals surface area contributed by atoms with Crippen LogP contribution in [0.4, 0.5) is 0 Å². The highest BCUT2D eigenvalue weighted by atomic mass is 16.2. The predicted molar refractivity (Wildman–Crippen MR) is 155 cm³/mol. The largest absolute Gasteiger partial charge is 0.342 e. The molecule has 2 aliphatic rings. The molecule has 0 aromatic rings. The first-order valence-electron chi connectivity index (χ1n) is 14.8. The minimum absolute atomic E-state index is 0.185. The van der Waals surface area contributed by atoms with E-state index in [1.807, 2.05) is 0 Å². The molecular formula is C31H61N3O. The molecule has 2 N–H and O–H groups in total. The van der Waals surface area contributed by atoms with Crippen molar-refractivity contribution in [1.82, 2.24) is 10.2 Å². The van der Waals surface area contributed by atoms with Gasteiger partial charge in [-0.15, -0.1) is 0 Å². The molecule has 1 saturated heterocycles. The Morgan fingerprint density at radius 2 is 1.63 bits per heavy atom. The van der Waals surface area contributed by atoms with Crippen LogP contribution in [-0.2, 0) is 4.79 Å². The molecule has 1 amide bonds. The molecule has 35 heavy (non-hydrogen) atoms. The summed E-state index contributed by atoms with van der Waals surface area (Å²) < 4.78 is 0. The lowest BCUT2D eigenvalue weighted by Crippen LogP contribution is -2.42. The van der Waals surface area contributed by atoms with Gasteiger partial charge in [-0.2, -0.15) is 0 Å². The van der Waals surface area contributed by atoms with Crippen molar-refractivity contribution in [3.8, 4) is 0 Å².